The molecule has 8 nitrogen and oxygen atoms in total. The van der Waals surface area contributed by atoms with Crippen molar-refractivity contribution in [2.45, 2.75) is 32.6 Å². The van der Waals surface area contributed by atoms with Crippen LogP contribution in [0.25, 0.3) is 11.1 Å². The summed E-state index contributed by atoms with van der Waals surface area (Å²) in [4.78, 5) is 29.3. The molecule has 162 valence electrons. The molecule has 0 radical (unpaired) electrons. The van der Waals surface area contributed by atoms with E-state index in [1.165, 1.54) is 0 Å². The number of ether oxygens (including phenoxy) is 2. The summed E-state index contributed by atoms with van der Waals surface area (Å²) in [7, 11) is 0. The zero-order chi connectivity index (χ0) is 21.8. The molecule has 3 aromatic rings. The number of hydrogen-bond donors (Lipinski definition) is 2. The Morgan fingerprint density at radius 2 is 1.84 bits per heavy atom. The third kappa shape index (κ3) is 4.96. The third-order valence-electron chi connectivity index (χ3n) is 4.83. The van der Waals surface area contributed by atoms with Crippen LogP contribution in [0, 0.1) is 0 Å². The van der Waals surface area contributed by atoms with Gasteiger partial charge in [0.1, 0.15) is 5.52 Å². The van der Waals surface area contributed by atoms with Crippen LogP contribution in [0.2, 0.25) is 0 Å². The Morgan fingerprint density at radius 1 is 1.06 bits per heavy atom. The predicted octanol–water partition coefficient (Wildman–Crippen LogP) is 3.87. The van der Waals surface area contributed by atoms with Gasteiger partial charge in [-0.2, -0.15) is 0 Å². The lowest BCUT2D eigenvalue weighted by Crippen LogP contribution is -2.32. The van der Waals surface area contributed by atoms with Gasteiger partial charge in [-0.3, -0.25) is 9.59 Å². The Balaban J connectivity index is 1.35. The van der Waals surface area contributed by atoms with Crippen LogP contribution >= 0.6 is 0 Å². The lowest BCUT2D eigenvalue weighted by molar-refractivity contribution is -0.115. The molecule has 1 saturated carbocycles. The second-order valence-corrected chi connectivity index (χ2v) is 7.27. The first-order valence-corrected chi connectivity index (χ1v) is 10.5. The molecule has 1 heterocycles. The van der Waals surface area contributed by atoms with Crippen molar-refractivity contribution in [1.29, 1.82) is 0 Å². The summed E-state index contributed by atoms with van der Waals surface area (Å²) in [5.74, 6) is 1.54. The molecule has 0 aliphatic heterocycles. The maximum Gasteiger partial charge on any atom is 0.251 e. The van der Waals surface area contributed by atoms with E-state index in [9.17, 15) is 9.59 Å². The molecule has 0 unspecified atom stereocenters. The second-order valence-electron chi connectivity index (χ2n) is 7.27. The Bertz CT molecular complexity index is 1100. The highest BCUT2D eigenvalue weighted by atomic mass is 16.5. The summed E-state index contributed by atoms with van der Waals surface area (Å²) in [5.41, 5.74) is 2.40. The van der Waals surface area contributed by atoms with Crippen molar-refractivity contribution in [3.63, 3.8) is 0 Å². The Hall–Kier alpha value is -3.55. The number of oxazole rings is 1. The SMILES string of the molecule is CCOc1ccc(C(=O)NCC(=O)Nc2ccc3oc(C4CC4)nc3c2)cc1OCC. The molecule has 2 aromatic carbocycles. The number of carbonyl (C=O) groups excluding carboxylic acids is 2. The molecule has 1 fully saturated rings. The molecule has 1 aliphatic rings. The van der Waals surface area contributed by atoms with Crippen LogP contribution in [0.1, 0.15) is 48.9 Å². The van der Waals surface area contributed by atoms with Crippen molar-refractivity contribution in [2.24, 2.45) is 0 Å². The molecular formula is C23H25N3O5. The van der Waals surface area contributed by atoms with Crippen LogP contribution in [0.3, 0.4) is 0 Å². The normalized spacial score (nSPS) is 13.1. The van der Waals surface area contributed by atoms with Gasteiger partial charge in [-0.25, -0.2) is 4.98 Å². The van der Waals surface area contributed by atoms with Gasteiger partial charge in [0.05, 0.1) is 19.8 Å². The molecular weight excluding hydrogens is 398 g/mol. The monoisotopic (exact) mass is 423 g/mol. The minimum absolute atomic E-state index is 0.166. The van der Waals surface area contributed by atoms with E-state index in [2.05, 4.69) is 15.6 Å². The van der Waals surface area contributed by atoms with Gasteiger partial charge in [0.2, 0.25) is 5.91 Å². The Kier molecular flexibility index (Phi) is 6.06. The van der Waals surface area contributed by atoms with Gasteiger partial charge in [-0.05, 0) is 63.1 Å². The van der Waals surface area contributed by atoms with Crippen LogP contribution in [-0.4, -0.2) is 36.6 Å². The van der Waals surface area contributed by atoms with Gasteiger partial charge >= 0.3 is 0 Å². The van der Waals surface area contributed by atoms with Gasteiger partial charge < -0.3 is 24.5 Å². The highest BCUT2D eigenvalue weighted by Gasteiger charge is 2.28. The zero-order valence-corrected chi connectivity index (χ0v) is 17.6. The molecule has 31 heavy (non-hydrogen) atoms. The lowest BCUT2D eigenvalue weighted by Gasteiger charge is -2.12. The van der Waals surface area contributed by atoms with E-state index in [1.54, 1.807) is 36.4 Å². The molecule has 8 heteroatoms. The minimum atomic E-state index is -0.375. The van der Waals surface area contributed by atoms with Gasteiger partial charge in [0.25, 0.3) is 5.91 Å². The van der Waals surface area contributed by atoms with Gasteiger partial charge in [-0.15, -0.1) is 0 Å². The summed E-state index contributed by atoms with van der Waals surface area (Å²) in [6.45, 7) is 4.51. The number of benzene rings is 2. The smallest absolute Gasteiger partial charge is 0.251 e. The van der Waals surface area contributed by atoms with E-state index in [0.29, 0.717) is 53.0 Å². The van der Waals surface area contributed by atoms with Gasteiger partial charge in [0.15, 0.2) is 23.0 Å². The van der Waals surface area contributed by atoms with Crippen LogP contribution in [-0.2, 0) is 4.79 Å². The van der Waals surface area contributed by atoms with E-state index < -0.39 is 0 Å². The number of nitrogens with zero attached hydrogens (tertiary/aromatic N) is 1. The number of amides is 2. The standard InChI is InChI=1S/C23H25N3O5/c1-3-29-19-9-7-15(11-20(19)30-4-2)22(28)24-13-21(27)25-16-8-10-18-17(12-16)26-23(31-18)14-5-6-14/h7-12,14H,3-6,13H2,1-2H3,(H,24,28)(H,25,27). The molecule has 1 aliphatic carbocycles. The number of nitrogens with one attached hydrogen (secondary N) is 2. The number of hydrogen-bond acceptors (Lipinski definition) is 6. The highest BCUT2D eigenvalue weighted by molar-refractivity contribution is 6.00. The van der Waals surface area contributed by atoms with Crippen molar-refractivity contribution < 1.29 is 23.5 Å². The van der Waals surface area contributed by atoms with Crippen molar-refractivity contribution in [1.82, 2.24) is 10.3 Å². The molecule has 2 amide bonds. The maximum atomic E-state index is 12.5. The minimum Gasteiger partial charge on any atom is -0.490 e. The van der Waals surface area contributed by atoms with Crippen LogP contribution in [0.5, 0.6) is 11.5 Å². The third-order valence-corrected chi connectivity index (χ3v) is 4.83. The average Bonchev–Trinajstić information content (AvgIpc) is 3.53. The predicted molar refractivity (Wildman–Crippen MR) is 116 cm³/mol. The highest BCUT2D eigenvalue weighted by Crippen LogP contribution is 2.40. The number of aromatic nitrogens is 1. The van der Waals surface area contributed by atoms with E-state index in [0.717, 1.165) is 18.7 Å². The van der Waals surface area contributed by atoms with Crippen molar-refractivity contribution in [2.75, 3.05) is 25.1 Å². The van der Waals surface area contributed by atoms with Crippen LogP contribution in [0.4, 0.5) is 5.69 Å². The van der Waals surface area contributed by atoms with E-state index >= 15 is 0 Å². The summed E-state index contributed by atoms with van der Waals surface area (Å²) < 4.78 is 16.8. The first-order valence-electron chi connectivity index (χ1n) is 10.5. The number of fused-ring (bicyclic) bond motifs is 1. The number of carbonyl (C=O) groups is 2. The average molecular weight is 423 g/mol. The van der Waals surface area contributed by atoms with E-state index in [1.807, 2.05) is 13.8 Å². The molecule has 0 saturated heterocycles. The largest absolute Gasteiger partial charge is 0.490 e. The summed E-state index contributed by atoms with van der Waals surface area (Å²) in [5, 5.41) is 5.40. The lowest BCUT2D eigenvalue weighted by atomic mass is 10.2. The fourth-order valence-electron chi connectivity index (χ4n) is 3.19. The first-order chi connectivity index (χ1) is 15.1. The Morgan fingerprint density at radius 3 is 2.58 bits per heavy atom. The van der Waals surface area contributed by atoms with Gasteiger partial charge in [-0.1, -0.05) is 0 Å². The summed E-state index contributed by atoms with van der Waals surface area (Å²) in [6, 6.07) is 10.2. The van der Waals surface area contributed by atoms with E-state index in [4.69, 9.17) is 13.9 Å². The van der Waals surface area contributed by atoms with Crippen molar-refractivity contribution in [3.8, 4) is 11.5 Å². The van der Waals surface area contributed by atoms with E-state index in [-0.39, 0.29) is 18.4 Å². The molecule has 1 aromatic heterocycles. The number of anilines is 1. The fraction of sp³-hybridized carbons (Fsp3) is 0.348. The maximum absolute atomic E-state index is 12.5. The topological polar surface area (TPSA) is 103 Å². The van der Waals surface area contributed by atoms with Crippen LogP contribution < -0.4 is 20.1 Å². The Labute approximate surface area is 179 Å². The molecule has 0 atom stereocenters. The molecule has 2 N–H and O–H groups in total. The fourth-order valence-corrected chi connectivity index (χ4v) is 3.19. The quantitative estimate of drug-likeness (QED) is 0.542. The zero-order valence-electron chi connectivity index (χ0n) is 17.6. The molecule has 0 bridgehead atoms. The number of rotatable bonds is 9. The molecule has 0 spiro atoms. The van der Waals surface area contributed by atoms with Crippen molar-refractivity contribution in [3.05, 3.63) is 47.9 Å². The summed E-state index contributed by atoms with van der Waals surface area (Å²) >= 11 is 0. The van der Waals surface area contributed by atoms with Crippen molar-refractivity contribution >= 4 is 28.6 Å². The van der Waals surface area contributed by atoms with Crippen LogP contribution in [0.15, 0.2) is 40.8 Å². The second kappa shape index (κ2) is 9.07. The molecule has 4 rings (SSSR count). The first kappa shape index (κ1) is 20.7. The van der Waals surface area contributed by atoms with Gasteiger partial charge in [0, 0.05) is 17.2 Å². The summed E-state index contributed by atoms with van der Waals surface area (Å²) in [6.07, 6.45) is 2.22.